The molecule has 0 aliphatic heterocycles. The van der Waals surface area contributed by atoms with Gasteiger partial charge in [0.05, 0.1) is 5.71 Å². The van der Waals surface area contributed by atoms with E-state index in [1.165, 1.54) is 11.1 Å². The molecule has 0 heterocycles. The van der Waals surface area contributed by atoms with Crippen molar-refractivity contribution in [1.29, 1.82) is 0 Å². The molecule has 1 aliphatic carbocycles. The predicted molar refractivity (Wildman–Crippen MR) is 89.5 cm³/mol. The summed E-state index contributed by atoms with van der Waals surface area (Å²) in [6.07, 6.45) is 3.81. The molecule has 5 nitrogen and oxygen atoms in total. The maximum atomic E-state index is 11.9. The second kappa shape index (κ2) is 6.81. The van der Waals surface area contributed by atoms with Crippen molar-refractivity contribution in [3.05, 3.63) is 29.3 Å². The fourth-order valence-electron chi connectivity index (χ4n) is 2.57. The van der Waals surface area contributed by atoms with E-state index in [2.05, 4.69) is 15.8 Å². The molecule has 0 aromatic heterocycles. The molecule has 1 aliphatic rings. The average molecular weight is 303 g/mol. The van der Waals surface area contributed by atoms with E-state index >= 15 is 0 Å². The van der Waals surface area contributed by atoms with Crippen LogP contribution >= 0.6 is 0 Å². The number of anilines is 1. The molecule has 2 rings (SSSR count). The first kappa shape index (κ1) is 16.3. The van der Waals surface area contributed by atoms with Crippen molar-refractivity contribution < 1.29 is 9.53 Å². The summed E-state index contributed by atoms with van der Waals surface area (Å²) in [5.41, 5.74) is 6.61. The van der Waals surface area contributed by atoms with Gasteiger partial charge in [-0.05, 0) is 64.2 Å². The van der Waals surface area contributed by atoms with Gasteiger partial charge in [0.2, 0.25) is 0 Å². The topological polar surface area (TPSA) is 62.7 Å². The maximum Gasteiger partial charge on any atom is 0.412 e. The van der Waals surface area contributed by atoms with Crippen molar-refractivity contribution in [3.63, 3.8) is 0 Å². The number of hydrazone groups is 1. The number of nitrogens with one attached hydrogen (secondary N) is 2. The van der Waals surface area contributed by atoms with Crippen LogP contribution in [0, 0.1) is 0 Å². The molecule has 1 aromatic rings. The number of nitrogens with zero attached hydrogens (tertiary/aromatic N) is 1. The lowest BCUT2D eigenvalue weighted by atomic mass is 10.0. The van der Waals surface area contributed by atoms with Crippen LogP contribution in [0.1, 0.15) is 51.2 Å². The van der Waals surface area contributed by atoms with Gasteiger partial charge in [-0.15, -0.1) is 0 Å². The third-order valence-electron chi connectivity index (χ3n) is 3.42. The fourth-order valence-corrected chi connectivity index (χ4v) is 2.57. The smallest absolute Gasteiger partial charge is 0.412 e. The van der Waals surface area contributed by atoms with E-state index in [9.17, 15) is 4.79 Å². The summed E-state index contributed by atoms with van der Waals surface area (Å²) in [6, 6.07) is 5.96. The van der Waals surface area contributed by atoms with Crippen LogP contribution in [0.25, 0.3) is 0 Å². The number of carbonyl (C=O) groups is 1. The fraction of sp³-hybridized carbons (Fsp3) is 0.529. The Kier molecular flexibility index (Phi) is 5.06. The first-order valence-electron chi connectivity index (χ1n) is 7.75. The van der Waals surface area contributed by atoms with Crippen molar-refractivity contribution in [3.8, 4) is 0 Å². The molecule has 22 heavy (non-hydrogen) atoms. The predicted octanol–water partition coefficient (Wildman–Crippen LogP) is 3.68. The number of hydrogen-bond acceptors (Lipinski definition) is 4. The van der Waals surface area contributed by atoms with Gasteiger partial charge in [-0.1, -0.05) is 6.07 Å². The zero-order valence-electron chi connectivity index (χ0n) is 13.8. The molecule has 0 spiro atoms. The van der Waals surface area contributed by atoms with Gasteiger partial charge in [0, 0.05) is 18.3 Å². The van der Waals surface area contributed by atoms with E-state index in [4.69, 9.17) is 4.74 Å². The zero-order chi connectivity index (χ0) is 16.2. The van der Waals surface area contributed by atoms with Crippen LogP contribution in [0.4, 0.5) is 10.5 Å². The normalized spacial score (nSPS) is 16.6. The van der Waals surface area contributed by atoms with Gasteiger partial charge in [0.1, 0.15) is 5.60 Å². The van der Waals surface area contributed by atoms with Crippen molar-refractivity contribution in [2.45, 2.75) is 52.1 Å². The van der Waals surface area contributed by atoms with Gasteiger partial charge in [-0.25, -0.2) is 4.79 Å². The summed E-state index contributed by atoms with van der Waals surface area (Å²) >= 11 is 0. The van der Waals surface area contributed by atoms with E-state index in [1.807, 2.05) is 46.0 Å². The molecule has 1 aromatic carbocycles. The highest BCUT2D eigenvalue weighted by Crippen LogP contribution is 2.24. The second-order valence-corrected chi connectivity index (χ2v) is 6.49. The highest BCUT2D eigenvalue weighted by molar-refractivity contribution is 6.02. The Labute approximate surface area is 132 Å². The molecule has 1 amide bonds. The summed E-state index contributed by atoms with van der Waals surface area (Å²) in [6.45, 7) is 5.55. The van der Waals surface area contributed by atoms with Crippen molar-refractivity contribution >= 4 is 17.5 Å². The average Bonchev–Trinajstić information content (AvgIpc) is 2.59. The third-order valence-corrected chi connectivity index (χ3v) is 3.42. The van der Waals surface area contributed by atoms with Crippen LogP contribution < -0.4 is 10.7 Å². The molecule has 0 radical (unpaired) electrons. The number of amides is 1. The number of aryl methyl sites for hydroxylation is 1. The molecule has 0 fully saturated rings. The van der Waals surface area contributed by atoms with Crippen molar-refractivity contribution in [2.75, 3.05) is 12.4 Å². The maximum absolute atomic E-state index is 11.9. The highest BCUT2D eigenvalue weighted by Gasteiger charge is 2.18. The molecule has 0 saturated heterocycles. The quantitative estimate of drug-likeness (QED) is 0.647. The molecular formula is C17H25N3O2. The third kappa shape index (κ3) is 4.48. The van der Waals surface area contributed by atoms with Crippen LogP contribution in [-0.4, -0.2) is 24.5 Å². The molecule has 2 N–H and O–H groups in total. The lowest BCUT2D eigenvalue weighted by Crippen LogP contribution is -2.27. The van der Waals surface area contributed by atoms with Crippen LogP contribution in [0.15, 0.2) is 23.3 Å². The van der Waals surface area contributed by atoms with Crippen LogP contribution in [0.5, 0.6) is 0 Å². The van der Waals surface area contributed by atoms with Gasteiger partial charge in [-0.3, -0.25) is 5.32 Å². The Morgan fingerprint density at radius 1 is 1.23 bits per heavy atom. The molecule has 5 heteroatoms. The molecule has 0 atom stereocenters. The van der Waals surface area contributed by atoms with E-state index in [0.29, 0.717) is 0 Å². The van der Waals surface area contributed by atoms with E-state index in [1.54, 1.807) is 0 Å². The number of benzene rings is 1. The Morgan fingerprint density at radius 2 is 1.95 bits per heavy atom. The van der Waals surface area contributed by atoms with Crippen LogP contribution in [-0.2, 0) is 11.2 Å². The Hall–Kier alpha value is -2.04. The van der Waals surface area contributed by atoms with Gasteiger partial charge in [-0.2, -0.15) is 5.10 Å². The minimum atomic E-state index is -0.498. The number of carbonyl (C=O) groups excluding carboxylic acids is 1. The van der Waals surface area contributed by atoms with Crippen molar-refractivity contribution in [2.24, 2.45) is 5.10 Å². The standard InChI is InChI=1S/C17H25N3O2/c1-17(2,3)22-16(21)19-13-9-10-14-12(11-13)7-5-6-8-15(14)20-18-4/h9-11,18H,5-8H2,1-4H3,(H,19,21)/b20-15+. The number of ether oxygens (including phenoxy) is 1. The van der Waals surface area contributed by atoms with E-state index < -0.39 is 11.7 Å². The summed E-state index contributed by atoms with van der Waals surface area (Å²) in [7, 11) is 1.82. The largest absolute Gasteiger partial charge is 0.444 e. The number of rotatable bonds is 2. The monoisotopic (exact) mass is 303 g/mol. The SMILES string of the molecule is CN/N=C1\CCCCc2cc(NC(=O)OC(C)(C)C)ccc21. The summed E-state index contributed by atoms with van der Waals surface area (Å²) in [5.74, 6) is 0. The first-order valence-corrected chi connectivity index (χ1v) is 7.75. The lowest BCUT2D eigenvalue weighted by molar-refractivity contribution is 0.0636. The second-order valence-electron chi connectivity index (χ2n) is 6.49. The van der Waals surface area contributed by atoms with E-state index in [-0.39, 0.29) is 0 Å². The summed E-state index contributed by atoms with van der Waals surface area (Å²) in [5, 5.41) is 7.18. The van der Waals surface area contributed by atoms with Crippen LogP contribution in [0.3, 0.4) is 0 Å². The van der Waals surface area contributed by atoms with E-state index in [0.717, 1.165) is 37.1 Å². The molecule has 0 unspecified atom stereocenters. The van der Waals surface area contributed by atoms with Crippen molar-refractivity contribution in [1.82, 2.24) is 5.43 Å². The Bertz CT molecular complexity index is 574. The zero-order valence-corrected chi connectivity index (χ0v) is 13.8. The summed E-state index contributed by atoms with van der Waals surface area (Å²) in [4.78, 5) is 11.9. The first-order chi connectivity index (χ1) is 10.4. The lowest BCUT2D eigenvalue weighted by Gasteiger charge is -2.20. The Morgan fingerprint density at radius 3 is 2.64 bits per heavy atom. The minimum absolute atomic E-state index is 0.426. The molecular weight excluding hydrogens is 278 g/mol. The molecule has 120 valence electrons. The van der Waals surface area contributed by atoms with Gasteiger partial charge >= 0.3 is 6.09 Å². The minimum Gasteiger partial charge on any atom is -0.444 e. The molecule has 0 bridgehead atoms. The number of fused-ring (bicyclic) bond motifs is 1. The van der Waals surface area contributed by atoms with Gasteiger partial charge in [0.25, 0.3) is 0 Å². The molecule has 0 saturated carbocycles. The van der Waals surface area contributed by atoms with Gasteiger partial charge < -0.3 is 10.2 Å². The Balaban J connectivity index is 2.18. The number of hydrogen-bond donors (Lipinski definition) is 2. The summed E-state index contributed by atoms with van der Waals surface area (Å²) < 4.78 is 5.29. The highest BCUT2D eigenvalue weighted by atomic mass is 16.6. The van der Waals surface area contributed by atoms with Gasteiger partial charge in [0.15, 0.2) is 0 Å². The van der Waals surface area contributed by atoms with Crippen LogP contribution in [0.2, 0.25) is 0 Å².